The molecule has 0 spiro atoms. The van der Waals surface area contributed by atoms with E-state index in [1.807, 2.05) is 0 Å². The summed E-state index contributed by atoms with van der Waals surface area (Å²) in [4.78, 5) is 12.7. The Morgan fingerprint density at radius 2 is 1.83 bits per heavy atom. The Morgan fingerprint density at radius 3 is 2.48 bits per heavy atom. The SMILES string of the molecule is O=C(Nc1ccc(Br)c(Cl)c1)[C@H]1CCCN(S(=O)(=O)Cc2c(Cl)cccc2Cl)C1. The first kappa shape index (κ1) is 22.8. The smallest absolute Gasteiger partial charge is 0.228 e. The van der Waals surface area contributed by atoms with Crippen molar-refractivity contribution in [1.29, 1.82) is 0 Å². The van der Waals surface area contributed by atoms with Crippen LogP contribution < -0.4 is 5.32 Å². The number of carbonyl (C=O) groups excluding carboxylic acids is 1. The summed E-state index contributed by atoms with van der Waals surface area (Å²) in [6.45, 7) is 0.471. The van der Waals surface area contributed by atoms with Crippen molar-refractivity contribution in [2.75, 3.05) is 18.4 Å². The molecule has 1 saturated heterocycles. The van der Waals surface area contributed by atoms with Crippen LogP contribution >= 0.6 is 50.7 Å². The number of piperidine rings is 1. The molecule has 1 heterocycles. The van der Waals surface area contributed by atoms with Crippen molar-refractivity contribution < 1.29 is 13.2 Å². The van der Waals surface area contributed by atoms with Gasteiger partial charge in [-0.05, 0) is 59.1 Å². The second-order valence-electron chi connectivity index (χ2n) is 6.77. The van der Waals surface area contributed by atoms with E-state index in [9.17, 15) is 13.2 Å². The second-order valence-corrected chi connectivity index (χ2v) is 10.8. The molecule has 1 N–H and O–H groups in total. The highest BCUT2D eigenvalue weighted by atomic mass is 79.9. The largest absolute Gasteiger partial charge is 0.326 e. The molecule has 2 aromatic carbocycles. The minimum absolute atomic E-state index is 0.112. The number of anilines is 1. The van der Waals surface area contributed by atoms with Gasteiger partial charge in [0.15, 0.2) is 0 Å². The van der Waals surface area contributed by atoms with Crippen LogP contribution in [0.2, 0.25) is 15.1 Å². The van der Waals surface area contributed by atoms with Crippen molar-refractivity contribution >= 4 is 72.4 Å². The standard InChI is InChI=1S/C19H18BrCl3N2O3S/c20-15-7-6-13(9-18(15)23)24-19(26)12-3-2-8-25(10-12)29(27,28)11-14-16(21)4-1-5-17(14)22/h1,4-7,9,12H,2-3,8,10-11H2,(H,24,26)/t12-/m0/s1. The van der Waals surface area contributed by atoms with Gasteiger partial charge >= 0.3 is 0 Å². The minimum Gasteiger partial charge on any atom is -0.326 e. The fourth-order valence-corrected chi connectivity index (χ4v) is 5.96. The Balaban J connectivity index is 1.70. The number of halogens is 4. The van der Waals surface area contributed by atoms with Gasteiger partial charge in [0.1, 0.15) is 0 Å². The molecule has 1 amide bonds. The van der Waals surface area contributed by atoms with Crippen LogP contribution in [0.5, 0.6) is 0 Å². The minimum atomic E-state index is -3.68. The third-order valence-electron chi connectivity index (χ3n) is 4.72. The third-order valence-corrected chi connectivity index (χ3v) is 8.44. The van der Waals surface area contributed by atoms with E-state index in [2.05, 4.69) is 21.2 Å². The molecule has 2 aromatic rings. The van der Waals surface area contributed by atoms with Crippen LogP contribution in [-0.4, -0.2) is 31.7 Å². The highest BCUT2D eigenvalue weighted by Gasteiger charge is 2.33. The molecule has 10 heteroatoms. The van der Waals surface area contributed by atoms with E-state index >= 15 is 0 Å². The third kappa shape index (κ3) is 5.66. The van der Waals surface area contributed by atoms with E-state index in [1.165, 1.54) is 4.31 Å². The fourth-order valence-electron chi connectivity index (χ4n) is 3.17. The quantitative estimate of drug-likeness (QED) is 0.538. The van der Waals surface area contributed by atoms with Crippen molar-refractivity contribution in [2.24, 2.45) is 5.92 Å². The Labute approximate surface area is 193 Å². The van der Waals surface area contributed by atoms with Crippen molar-refractivity contribution in [1.82, 2.24) is 4.31 Å². The van der Waals surface area contributed by atoms with E-state index in [0.717, 1.165) is 4.47 Å². The van der Waals surface area contributed by atoms with Gasteiger partial charge in [0.2, 0.25) is 15.9 Å². The molecular weight excluding hydrogens is 523 g/mol. The topological polar surface area (TPSA) is 66.5 Å². The van der Waals surface area contributed by atoms with Crippen molar-refractivity contribution in [3.63, 3.8) is 0 Å². The molecule has 156 valence electrons. The highest BCUT2D eigenvalue weighted by Crippen LogP contribution is 2.30. The monoisotopic (exact) mass is 538 g/mol. The summed E-state index contributed by atoms with van der Waals surface area (Å²) >= 11 is 21.6. The zero-order valence-electron chi connectivity index (χ0n) is 15.2. The first-order valence-electron chi connectivity index (χ1n) is 8.84. The Hall–Kier alpha value is -0.830. The van der Waals surface area contributed by atoms with Crippen LogP contribution in [0.4, 0.5) is 5.69 Å². The summed E-state index contributed by atoms with van der Waals surface area (Å²) in [5.74, 6) is -0.996. The predicted molar refractivity (Wildman–Crippen MR) is 121 cm³/mol. The van der Waals surface area contributed by atoms with Gasteiger partial charge < -0.3 is 5.32 Å². The molecule has 1 aliphatic heterocycles. The molecule has 29 heavy (non-hydrogen) atoms. The van der Waals surface area contributed by atoms with Gasteiger partial charge in [0.25, 0.3) is 0 Å². The zero-order chi connectivity index (χ0) is 21.2. The molecule has 0 radical (unpaired) electrons. The molecule has 5 nitrogen and oxygen atoms in total. The average molecular weight is 541 g/mol. The van der Waals surface area contributed by atoms with Gasteiger partial charge in [-0.1, -0.05) is 40.9 Å². The van der Waals surface area contributed by atoms with Gasteiger partial charge in [0, 0.05) is 38.9 Å². The van der Waals surface area contributed by atoms with Gasteiger partial charge in [-0.15, -0.1) is 0 Å². The number of sulfonamides is 1. The number of nitrogens with zero attached hydrogens (tertiary/aromatic N) is 1. The van der Waals surface area contributed by atoms with E-state index in [-0.39, 0.29) is 18.2 Å². The summed E-state index contributed by atoms with van der Waals surface area (Å²) in [5, 5.41) is 3.90. The predicted octanol–water partition coefficient (Wildman–Crippen LogP) is 5.59. The molecule has 1 atom stereocenters. The Morgan fingerprint density at radius 1 is 1.14 bits per heavy atom. The molecule has 0 aliphatic carbocycles. The number of hydrogen-bond donors (Lipinski definition) is 1. The van der Waals surface area contributed by atoms with Gasteiger partial charge in [-0.3, -0.25) is 4.79 Å². The zero-order valence-corrected chi connectivity index (χ0v) is 19.8. The summed E-state index contributed by atoms with van der Waals surface area (Å²) in [6.07, 6.45) is 1.20. The number of nitrogens with one attached hydrogen (secondary N) is 1. The summed E-state index contributed by atoms with van der Waals surface area (Å²) in [6, 6.07) is 9.98. The molecular formula is C19H18BrCl3N2O3S. The van der Waals surface area contributed by atoms with E-state index < -0.39 is 15.9 Å². The fraction of sp³-hybridized carbons (Fsp3) is 0.316. The van der Waals surface area contributed by atoms with E-state index in [0.29, 0.717) is 45.7 Å². The Kier molecular flexibility index (Phi) is 7.51. The van der Waals surface area contributed by atoms with Crippen LogP contribution in [0.15, 0.2) is 40.9 Å². The van der Waals surface area contributed by atoms with Crippen molar-refractivity contribution in [2.45, 2.75) is 18.6 Å². The Bertz CT molecular complexity index is 1010. The summed E-state index contributed by atoms with van der Waals surface area (Å²) < 4.78 is 27.9. The van der Waals surface area contributed by atoms with Gasteiger partial charge in [-0.2, -0.15) is 0 Å². The lowest BCUT2D eigenvalue weighted by Gasteiger charge is -2.31. The maximum Gasteiger partial charge on any atom is 0.228 e. The number of benzene rings is 2. The van der Waals surface area contributed by atoms with Crippen LogP contribution in [-0.2, 0) is 20.6 Å². The molecule has 3 rings (SSSR count). The summed E-state index contributed by atoms with van der Waals surface area (Å²) in [7, 11) is -3.68. The van der Waals surface area contributed by atoms with Crippen LogP contribution in [0.25, 0.3) is 0 Å². The molecule has 1 fully saturated rings. The molecule has 1 aliphatic rings. The van der Waals surface area contributed by atoms with E-state index in [1.54, 1.807) is 36.4 Å². The number of carbonyl (C=O) groups is 1. The number of hydrogen-bond acceptors (Lipinski definition) is 3. The lowest BCUT2D eigenvalue weighted by atomic mass is 9.99. The lowest BCUT2D eigenvalue weighted by molar-refractivity contribution is -0.120. The normalized spacial score (nSPS) is 17.9. The molecule has 0 bridgehead atoms. The van der Waals surface area contributed by atoms with Crippen molar-refractivity contribution in [3.05, 3.63) is 61.5 Å². The number of rotatable bonds is 5. The van der Waals surface area contributed by atoms with Crippen LogP contribution in [0.1, 0.15) is 18.4 Å². The summed E-state index contributed by atoms with van der Waals surface area (Å²) in [5.41, 5.74) is 0.929. The first-order chi connectivity index (χ1) is 13.7. The van der Waals surface area contributed by atoms with E-state index in [4.69, 9.17) is 34.8 Å². The number of amides is 1. The first-order valence-corrected chi connectivity index (χ1v) is 12.4. The van der Waals surface area contributed by atoms with Crippen LogP contribution in [0.3, 0.4) is 0 Å². The highest BCUT2D eigenvalue weighted by molar-refractivity contribution is 9.10. The van der Waals surface area contributed by atoms with Gasteiger partial charge in [-0.25, -0.2) is 12.7 Å². The second kappa shape index (κ2) is 9.54. The van der Waals surface area contributed by atoms with Crippen molar-refractivity contribution in [3.8, 4) is 0 Å². The molecule has 0 aromatic heterocycles. The molecule has 0 unspecified atom stereocenters. The lowest BCUT2D eigenvalue weighted by Crippen LogP contribution is -2.44. The maximum absolute atomic E-state index is 12.9. The maximum atomic E-state index is 12.9. The van der Waals surface area contributed by atoms with Gasteiger partial charge in [0.05, 0.1) is 16.7 Å². The average Bonchev–Trinajstić information content (AvgIpc) is 2.68. The van der Waals surface area contributed by atoms with Crippen LogP contribution in [0, 0.1) is 5.92 Å². The molecule has 0 saturated carbocycles.